The van der Waals surface area contributed by atoms with Gasteiger partial charge >= 0.3 is 0 Å². The minimum atomic E-state index is -3.67. The van der Waals surface area contributed by atoms with Crippen LogP contribution in [0.5, 0.6) is 0 Å². The Balaban J connectivity index is 1.78. The summed E-state index contributed by atoms with van der Waals surface area (Å²) < 4.78 is 28.0. The van der Waals surface area contributed by atoms with Gasteiger partial charge in [0.2, 0.25) is 10.0 Å². The molecule has 1 amide bonds. The summed E-state index contributed by atoms with van der Waals surface area (Å²) in [6.07, 6.45) is 5.24. The van der Waals surface area contributed by atoms with E-state index in [1.165, 1.54) is 25.2 Å². The Kier molecular flexibility index (Phi) is 5.83. The van der Waals surface area contributed by atoms with Crippen LogP contribution < -0.4 is 10.0 Å². The van der Waals surface area contributed by atoms with Gasteiger partial charge in [0.15, 0.2) is 0 Å². The van der Waals surface area contributed by atoms with E-state index in [4.69, 9.17) is 11.6 Å². The fourth-order valence-electron chi connectivity index (χ4n) is 2.67. The van der Waals surface area contributed by atoms with Gasteiger partial charge in [0.1, 0.15) is 0 Å². The molecule has 0 bridgehead atoms. The van der Waals surface area contributed by atoms with Gasteiger partial charge in [-0.05, 0) is 49.9 Å². The number of nitrogens with one attached hydrogen (secondary N) is 2. The Morgan fingerprint density at radius 3 is 2.50 bits per heavy atom. The van der Waals surface area contributed by atoms with Crippen LogP contribution in [0.4, 0.5) is 0 Å². The molecule has 1 heterocycles. The summed E-state index contributed by atoms with van der Waals surface area (Å²) in [5, 5.41) is 3.02. The van der Waals surface area contributed by atoms with E-state index in [1.807, 2.05) is 42.0 Å². The van der Waals surface area contributed by atoms with Crippen LogP contribution in [0.15, 0.2) is 66.1 Å². The van der Waals surface area contributed by atoms with Crippen molar-refractivity contribution in [2.45, 2.75) is 17.9 Å². The van der Waals surface area contributed by atoms with Crippen LogP contribution in [-0.2, 0) is 10.0 Å². The second-order valence-electron chi connectivity index (χ2n) is 6.11. The summed E-state index contributed by atoms with van der Waals surface area (Å²) in [5.41, 5.74) is 1.94. The summed E-state index contributed by atoms with van der Waals surface area (Å²) in [6.45, 7) is 1.84. The van der Waals surface area contributed by atoms with E-state index in [-0.39, 0.29) is 21.5 Å². The van der Waals surface area contributed by atoms with Gasteiger partial charge in [0.05, 0.1) is 27.9 Å². The SMILES string of the molecule is CNS(=O)(=O)c1ccc(Cl)c(C(=O)NC(C)c2ccc(-n3ccnc3)cc2)c1. The first kappa shape index (κ1) is 20.1. The molecule has 0 radical (unpaired) electrons. The first-order chi connectivity index (χ1) is 13.3. The first-order valence-electron chi connectivity index (χ1n) is 8.44. The van der Waals surface area contributed by atoms with Gasteiger partial charge in [0, 0.05) is 18.1 Å². The molecule has 0 aliphatic rings. The van der Waals surface area contributed by atoms with Crippen molar-refractivity contribution in [3.63, 3.8) is 0 Å². The van der Waals surface area contributed by atoms with Crippen LogP contribution in [-0.4, -0.2) is 30.9 Å². The molecule has 0 aliphatic carbocycles. The second kappa shape index (κ2) is 8.14. The van der Waals surface area contributed by atoms with Crippen molar-refractivity contribution < 1.29 is 13.2 Å². The third kappa shape index (κ3) is 4.24. The highest BCUT2D eigenvalue weighted by Gasteiger charge is 2.19. The number of hydrogen-bond acceptors (Lipinski definition) is 4. The molecule has 2 aromatic carbocycles. The molecule has 0 fully saturated rings. The molecule has 0 spiro atoms. The van der Waals surface area contributed by atoms with E-state index in [9.17, 15) is 13.2 Å². The van der Waals surface area contributed by atoms with Crippen LogP contribution in [0.25, 0.3) is 5.69 Å². The average Bonchev–Trinajstić information content (AvgIpc) is 3.23. The molecular weight excluding hydrogens is 400 g/mol. The summed E-state index contributed by atoms with van der Waals surface area (Å²) in [7, 11) is -2.37. The number of carbonyl (C=O) groups is 1. The smallest absolute Gasteiger partial charge is 0.253 e. The Labute approximate surface area is 168 Å². The lowest BCUT2D eigenvalue weighted by molar-refractivity contribution is 0.0940. The quantitative estimate of drug-likeness (QED) is 0.643. The Bertz CT molecular complexity index is 1080. The normalized spacial score (nSPS) is 12.5. The van der Waals surface area contributed by atoms with Gasteiger partial charge in [0.25, 0.3) is 5.91 Å². The predicted molar refractivity (Wildman–Crippen MR) is 107 cm³/mol. The number of aromatic nitrogens is 2. The molecule has 28 heavy (non-hydrogen) atoms. The Hall–Kier alpha value is -2.68. The van der Waals surface area contributed by atoms with E-state index in [1.54, 1.807) is 12.5 Å². The molecule has 1 aromatic heterocycles. The van der Waals surface area contributed by atoms with Gasteiger partial charge in [-0.3, -0.25) is 4.79 Å². The van der Waals surface area contributed by atoms with Gasteiger partial charge in [-0.1, -0.05) is 23.7 Å². The molecule has 2 N–H and O–H groups in total. The minimum absolute atomic E-state index is 0.0260. The van der Waals surface area contributed by atoms with Crippen LogP contribution in [0.1, 0.15) is 28.9 Å². The van der Waals surface area contributed by atoms with E-state index in [2.05, 4.69) is 15.0 Å². The maximum Gasteiger partial charge on any atom is 0.253 e. The van der Waals surface area contributed by atoms with Crippen LogP contribution in [0.2, 0.25) is 5.02 Å². The number of carbonyl (C=O) groups excluding carboxylic acids is 1. The average molecular weight is 419 g/mol. The zero-order valence-corrected chi connectivity index (χ0v) is 16.8. The molecule has 9 heteroatoms. The van der Waals surface area contributed by atoms with E-state index in [0.29, 0.717) is 0 Å². The molecule has 0 aliphatic heterocycles. The fourth-order valence-corrected chi connectivity index (χ4v) is 3.63. The topological polar surface area (TPSA) is 93.1 Å². The van der Waals surface area contributed by atoms with Gasteiger partial charge in [-0.2, -0.15) is 0 Å². The van der Waals surface area contributed by atoms with Gasteiger partial charge < -0.3 is 9.88 Å². The molecule has 3 aromatic rings. The number of benzene rings is 2. The maximum absolute atomic E-state index is 12.6. The summed E-state index contributed by atoms with van der Waals surface area (Å²) in [4.78, 5) is 16.6. The zero-order chi connectivity index (χ0) is 20.3. The number of sulfonamides is 1. The highest BCUT2D eigenvalue weighted by atomic mass is 35.5. The lowest BCUT2D eigenvalue weighted by Gasteiger charge is -2.16. The molecule has 1 atom stereocenters. The minimum Gasteiger partial charge on any atom is -0.345 e. The summed E-state index contributed by atoms with van der Waals surface area (Å²) in [5.74, 6) is -0.454. The standard InChI is InChI=1S/C19H19ClN4O3S/c1-13(14-3-5-15(6-4-14)24-10-9-22-12-24)23-19(25)17-11-16(7-8-18(17)20)28(26,27)21-2/h3-13,21H,1-2H3,(H,23,25). The van der Waals surface area contributed by atoms with E-state index < -0.39 is 15.9 Å². The number of imidazole rings is 1. The van der Waals surface area contributed by atoms with Crippen molar-refractivity contribution in [2.75, 3.05) is 7.05 Å². The van der Waals surface area contributed by atoms with Gasteiger partial charge in [-0.15, -0.1) is 0 Å². The molecule has 0 saturated carbocycles. The number of hydrogen-bond donors (Lipinski definition) is 2. The van der Waals surface area contributed by atoms with Crippen LogP contribution >= 0.6 is 11.6 Å². The largest absolute Gasteiger partial charge is 0.345 e. The lowest BCUT2D eigenvalue weighted by Crippen LogP contribution is -2.27. The number of amides is 1. The fraction of sp³-hybridized carbons (Fsp3) is 0.158. The van der Waals surface area contributed by atoms with Crippen molar-refractivity contribution >= 4 is 27.5 Å². The molecular formula is C19H19ClN4O3S. The second-order valence-corrected chi connectivity index (χ2v) is 8.40. The highest BCUT2D eigenvalue weighted by Crippen LogP contribution is 2.22. The van der Waals surface area contributed by atoms with Crippen molar-refractivity contribution in [1.82, 2.24) is 19.6 Å². The van der Waals surface area contributed by atoms with E-state index in [0.717, 1.165) is 11.3 Å². The lowest BCUT2D eigenvalue weighted by atomic mass is 10.1. The summed E-state index contributed by atoms with van der Waals surface area (Å²) in [6, 6.07) is 11.4. The Morgan fingerprint density at radius 2 is 1.89 bits per heavy atom. The molecule has 0 saturated heterocycles. The van der Waals surface area contributed by atoms with E-state index >= 15 is 0 Å². The Morgan fingerprint density at radius 1 is 1.18 bits per heavy atom. The first-order valence-corrected chi connectivity index (χ1v) is 10.3. The van der Waals surface area contributed by atoms with Crippen LogP contribution in [0.3, 0.4) is 0 Å². The van der Waals surface area contributed by atoms with Crippen molar-refractivity contribution in [3.05, 3.63) is 77.3 Å². The molecule has 146 valence electrons. The number of rotatable bonds is 6. The maximum atomic E-state index is 12.6. The third-order valence-corrected chi connectivity index (χ3v) is 6.05. The van der Waals surface area contributed by atoms with Crippen LogP contribution in [0, 0.1) is 0 Å². The van der Waals surface area contributed by atoms with Gasteiger partial charge in [-0.25, -0.2) is 18.1 Å². The monoisotopic (exact) mass is 418 g/mol. The van der Waals surface area contributed by atoms with Crippen molar-refractivity contribution in [2.24, 2.45) is 0 Å². The molecule has 1 unspecified atom stereocenters. The number of nitrogens with zero attached hydrogens (tertiary/aromatic N) is 2. The molecule has 7 nitrogen and oxygen atoms in total. The highest BCUT2D eigenvalue weighted by molar-refractivity contribution is 7.89. The van der Waals surface area contributed by atoms with Crippen molar-refractivity contribution in [1.29, 1.82) is 0 Å². The van der Waals surface area contributed by atoms with Crippen molar-refractivity contribution in [3.8, 4) is 5.69 Å². The predicted octanol–water partition coefficient (Wildman–Crippen LogP) is 2.92. The summed E-state index contributed by atoms with van der Waals surface area (Å²) >= 11 is 6.11. The molecule has 3 rings (SSSR count). The zero-order valence-electron chi connectivity index (χ0n) is 15.3. The number of halogens is 1. The third-order valence-electron chi connectivity index (χ3n) is 4.30.